The first kappa shape index (κ1) is 11.9. The largest absolute Gasteiger partial charge is 0.378 e. The summed E-state index contributed by atoms with van der Waals surface area (Å²) in [4.78, 5) is 2.34. The molecule has 0 spiro atoms. The highest BCUT2D eigenvalue weighted by Crippen LogP contribution is 2.15. The standard InChI is InChI=1S/C13H19N3O/c1-15(2)14-11-12-3-5-13(6-4-12)16-7-9-17-10-8-16/h3-6,11H,7-10H2,1-2H3. The number of hydrogen-bond acceptors (Lipinski definition) is 4. The second-order valence-corrected chi connectivity index (χ2v) is 4.28. The van der Waals surface area contributed by atoms with Gasteiger partial charge in [-0.25, -0.2) is 0 Å². The Bertz CT molecular complexity index is 367. The molecule has 0 aromatic heterocycles. The monoisotopic (exact) mass is 233 g/mol. The molecule has 2 rings (SSSR count). The topological polar surface area (TPSA) is 28.1 Å². The third kappa shape index (κ3) is 3.46. The van der Waals surface area contributed by atoms with Crippen LogP contribution in [0.5, 0.6) is 0 Å². The molecule has 0 bridgehead atoms. The van der Waals surface area contributed by atoms with E-state index < -0.39 is 0 Å². The van der Waals surface area contributed by atoms with Gasteiger partial charge in [0.2, 0.25) is 0 Å². The van der Waals surface area contributed by atoms with Crippen molar-refractivity contribution in [1.82, 2.24) is 5.01 Å². The van der Waals surface area contributed by atoms with Crippen LogP contribution in [0.25, 0.3) is 0 Å². The second-order valence-electron chi connectivity index (χ2n) is 4.28. The Morgan fingerprint density at radius 1 is 1.18 bits per heavy atom. The number of hydrogen-bond donors (Lipinski definition) is 0. The van der Waals surface area contributed by atoms with Crippen LogP contribution in [0.4, 0.5) is 5.69 Å². The molecule has 1 aliphatic rings. The van der Waals surface area contributed by atoms with Crippen molar-refractivity contribution in [3.05, 3.63) is 29.8 Å². The molecule has 0 N–H and O–H groups in total. The molecule has 1 aliphatic heterocycles. The summed E-state index contributed by atoms with van der Waals surface area (Å²) in [6.45, 7) is 3.60. The van der Waals surface area contributed by atoms with Crippen molar-refractivity contribution in [3.63, 3.8) is 0 Å². The van der Waals surface area contributed by atoms with Gasteiger partial charge in [0.1, 0.15) is 0 Å². The molecule has 17 heavy (non-hydrogen) atoms. The number of nitrogens with zero attached hydrogens (tertiary/aromatic N) is 3. The van der Waals surface area contributed by atoms with Gasteiger partial charge in [0, 0.05) is 32.9 Å². The third-order valence-electron chi connectivity index (χ3n) is 2.71. The van der Waals surface area contributed by atoms with Gasteiger partial charge in [-0.1, -0.05) is 12.1 Å². The summed E-state index contributed by atoms with van der Waals surface area (Å²) in [6.07, 6.45) is 1.86. The fourth-order valence-corrected chi connectivity index (χ4v) is 1.77. The molecule has 0 radical (unpaired) electrons. The van der Waals surface area contributed by atoms with Crippen molar-refractivity contribution in [1.29, 1.82) is 0 Å². The maximum absolute atomic E-state index is 5.34. The molecule has 1 aromatic rings. The van der Waals surface area contributed by atoms with E-state index in [-0.39, 0.29) is 0 Å². The van der Waals surface area contributed by atoms with Crippen LogP contribution >= 0.6 is 0 Å². The Labute approximate surface area is 102 Å². The van der Waals surface area contributed by atoms with E-state index in [1.807, 2.05) is 20.3 Å². The highest BCUT2D eigenvalue weighted by Gasteiger charge is 2.10. The van der Waals surface area contributed by atoms with Gasteiger partial charge in [-0.05, 0) is 17.7 Å². The molecule has 1 heterocycles. The highest BCUT2D eigenvalue weighted by atomic mass is 16.5. The van der Waals surface area contributed by atoms with Crippen LogP contribution in [0.15, 0.2) is 29.4 Å². The molecule has 0 aliphatic carbocycles. The van der Waals surface area contributed by atoms with Crippen molar-refractivity contribution in [3.8, 4) is 0 Å². The minimum Gasteiger partial charge on any atom is -0.378 e. The van der Waals surface area contributed by atoms with Crippen LogP contribution in [-0.2, 0) is 4.74 Å². The average molecular weight is 233 g/mol. The van der Waals surface area contributed by atoms with E-state index in [1.165, 1.54) is 5.69 Å². The summed E-state index contributed by atoms with van der Waals surface area (Å²) in [5, 5.41) is 6.00. The number of rotatable bonds is 3. The molecule has 0 amide bonds. The minimum atomic E-state index is 0.823. The maximum Gasteiger partial charge on any atom is 0.0642 e. The van der Waals surface area contributed by atoms with Gasteiger partial charge in [0.05, 0.1) is 19.4 Å². The lowest BCUT2D eigenvalue weighted by Crippen LogP contribution is -2.36. The first-order valence-corrected chi connectivity index (χ1v) is 5.90. The molecular weight excluding hydrogens is 214 g/mol. The van der Waals surface area contributed by atoms with Crippen LogP contribution in [0.2, 0.25) is 0 Å². The highest BCUT2D eigenvalue weighted by molar-refractivity contribution is 5.80. The van der Waals surface area contributed by atoms with Gasteiger partial charge >= 0.3 is 0 Å². The molecule has 92 valence electrons. The van der Waals surface area contributed by atoms with E-state index in [4.69, 9.17) is 4.74 Å². The molecule has 1 aromatic carbocycles. The SMILES string of the molecule is CN(C)N=Cc1ccc(N2CCOCC2)cc1. The van der Waals surface area contributed by atoms with E-state index >= 15 is 0 Å². The van der Waals surface area contributed by atoms with Crippen molar-refractivity contribution in [2.75, 3.05) is 45.3 Å². The fourth-order valence-electron chi connectivity index (χ4n) is 1.77. The van der Waals surface area contributed by atoms with Crippen molar-refractivity contribution < 1.29 is 4.74 Å². The molecular formula is C13H19N3O. The number of morpholine rings is 1. The Hall–Kier alpha value is -1.55. The van der Waals surface area contributed by atoms with Crippen molar-refractivity contribution in [2.45, 2.75) is 0 Å². The summed E-state index contributed by atoms with van der Waals surface area (Å²) < 4.78 is 5.34. The quantitative estimate of drug-likeness (QED) is 0.584. The van der Waals surface area contributed by atoms with Gasteiger partial charge < -0.3 is 14.6 Å². The summed E-state index contributed by atoms with van der Waals surface area (Å²) >= 11 is 0. The fraction of sp³-hybridized carbons (Fsp3) is 0.462. The molecule has 0 saturated carbocycles. The van der Waals surface area contributed by atoms with E-state index in [1.54, 1.807) is 5.01 Å². The van der Waals surface area contributed by atoms with Crippen molar-refractivity contribution in [2.24, 2.45) is 5.10 Å². The average Bonchev–Trinajstić information content (AvgIpc) is 2.38. The van der Waals surface area contributed by atoms with E-state index in [0.29, 0.717) is 0 Å². The zero-order valence-electron chi connectivity index (χ0n) is 10.5. The first-order valence-electron chi connectivity index (χ1n) is 5.90. The Kier molecular flexibility index (Phi) is 3.98. The Morgan fingerprint density at radius 3 is 2.41 bits per heavy atom. The summed E-state index contributed by atoms with van der Waals surface area (Å²) in [5.74, 6) is 0. The Morgan fingerprint density at radius 2 is 1.82 bits per heavy atom. The first-order chi connectivity index (χ1) is 8.25. The smallest absolute Gasteiger partial charge is 0.0642 e. The van der Waals surface area contributed by atoms with Crippen LogP contribution in [-0.4, -0.2) is 51.6 Å². The van der Waals surface area contributed by atoms with Gasteiger partial charge in [-0.3, -0.25) is 0 Å². The zero-order valence-corrected chi connectivity index (χ0v) is 10.5. The van der Waals surface area contributed by atoms with Crippen LogP contribution < -0.4 is 4.90 Å². The number of ether oxygens (including phenoxy) is 1. The molecule has 4 nitrogen and oxygen atoms in total. The molecule has 0 unspecified atom stereocenters. The summed E-state index contributed by atoms with van der Waals surface area (Å²) in [6, 6.07) is 8.47. The van der Waals surface area contributed by atoms with Gasteiger partial charge in [0.25, 0.3) is 0 Å². The van der Waals surface area contributed by atoms with Gasteiger partial charge in [-0.2, -0.15) is 5.10 Å². The Balaban J connectivity index is 2.01. The van der Waals surface area contributed by atoms with Gasteiger partial charge in [0.15, 0.2) is 0 Å². The molecule has 1 saturated heterocycles. The van der Waals surface area contributed by atoms with Crippen LogP contribution in [0, 0.1) is 0 Å². The molecule has 0 atom stereocenters. The van der Waals surface area contributed by atoms with Crippen LogP contribution in [0.3, 0.4) is 0 Å². The van der Waals surface area contributed by atoms with E-state index in [2.05, 4.69) is 34.3 Å². The lowest BCUT2D eigenvalue weighted by atomic mass is 10.2. The molecule has 4 heteroatoms. The maximum atomic E-state index is 5.34. The zero-order chi connectivity index (χ0) is 12.1. The predicted octanol–water partition coefficient (Wildman–Crippen LogP) is 1.42. The lowest BCUT2D eigenvalue weighted by Gasteiger charge is -2.28. The number of anilines is 1. The third-order valence-corrected chi connectivity index (χ3v) is 2.71. The summed E-state index contributed by atoms with van der Waals surface area (Å²) in [5.41, 5.74) is 2.38. The molecule has 1 fully saturated rings. The predicted molar refractivity (Wildman–Crippen MR) is 70.8 cm³/mol. The van der Waals surface area contributed by atoms with E-state index in [0.717, 1.165) is 31.9 Å². The lowest BCUT2D eigenvalue weighted by molar-refractivity contribution is 0.122. The van der Waals surface area contributed by atoms with Gasteiger partial charge in [-0.15, -0.1) is 0 Å². The number of benzene rings is 1. The summed E-state index contributed by atoms with van der Waals surface area (Å²) in [7, 11) is 3.83. The van der Waals surface area contributed by atoms with Crippen molar-refractivity contribution >= 4 is 11.9 Å². The second kappa shape index (κ2) is 5.68. The number of hydrazone groups is 1. The van der Waals surface area contributed by atoms with E-state index in [9.17, 15) is 0 Å². The normalized spacial score (nSPS) is 16.5. The van der Waals surface area contributed by atoms with Crippen LogP contribution in [0.1, 0.15) is 5.56 Å². The minimum absolute atomic E-state index is 0.823.